The summed E-state index contributed by atoms with van der Waals surface area (Å²) in [4.78, 5) is 31.2. The maximum atomic E-state index is 13.7. The Morgan fingerprint density at radius 2 is 1.73 bits per heavy atom. The number of rotatable bonds is 4. The number of ether oxygens (including phenoxy) is 1. The number of fused-ring (bicyclic) bond motifs is 1. The van der Waals surface area contributed by atoms with E-state index in [-0.39, 0.29) is 17.4 Å². The third-order valence-electron chi connectivity index (χ3n) is 7.93. The minimum absolute atomic E-state index is 0.145. The number of methoxy groups -OCH3 is 1. The molecule has 1 saturated heterocycles. The number of hydrogen-bond acceptors (Lipinski definition) is 3. The quantitative estimate of drug-likeness (QED) is 0.701. The molecule has 1 saturated carbocycles. The summed E-state index contributed by atoms with van der Waals surface area (Å²) in [6.07, 6.45) is 7.44. The number of hydrogen-bond donors (Lipinski definition) is 0. The fourth-order valence-corrected chi connectivity index (χ4v) is 6.10. The van der Waals surface area contributed by atoms with Crippen LogP contribution in [0.5, 0.6) is 5.75 Å². The van der Waals surface area contributed by atoms with E-state index in [0.717, 1.165) is 62.8 Å². The van der Waals surface area contributed by atoms with Crippen molar-refractivity contribution in [3.63, 3.8) is 0 Å². The molecular formula is C28H34N2O3. The number of benzene rings is 2. The number of carbonyl (C=O) groups excluding carboxylic acids is 2. The SMILES string of the molecule is COc1ccc(CC(=O)N2CCCC3(Cc4ccccc4CN3C(=O)C3CCCC3)C2)cc1. The van der Waals surface area contributed by atoms with Crippen LogP contribution in [0.1, 0.15) is 55.2 Å². The Hall–Kier alpha value is -2.82. The van der Waals surface area contributed by atoms with Crippen molar-refractivity contribution in [1.82, 2.24) is 9.80 Å². The van der Waals surface area contributed by atoms with Crippen LogP contribution in [0.2, 0.25) is 0 Å². The van der Waals surface area contributed by atoms with E-state index in [1.807, 2.05) is 29.2 Å². The first-order valence-electron chi connectivity index (χ1n) is 12.4. The molecule has 1 aliphatic carbocycles. The van der Waals surface area contributed by atoms with Gasteiger partial charge in [-0.15, -0.1) is 0 Å². The van der Waals surface area contributed by atoms with Crippen LogP contribution >= 0.6 is 0 Å². The summed E-state index contributed by atoms with van der Waals surface area (Å²) in [6.45, 7) is 2.07. The normalized spacial score (nSPS) is 22.9. The van der Waals surface area contributed by atoms with Crippen LogP contribution in [0, 0.1) is 5.92 Å². The van der Waals surface area contributed by atoms with Gasteiger partial charge < -0.3 is 14.5 Å². The standard InChI is InChI=1S/C28H34N2O3/c1-33-25-13-11-21(12-14-25)17-26(31)29-16-6-15-28(20-29)18-23-9-4-5-10-24(23)19-30(28)27(32)22-7-2-3-8-22/h4-5,9-14,22H,2-3,6-8,15-20H2,1H3. The third kappa shape index (κ3) is 4.38. The van der Waals surface area contributed by atoms with Crippen molar-refractivity contribution in [2.75, 3.05) is 20.2 Å². The lowest BCUT2D eigenvalue weighted by Crippen LogP contribution is -2.64. The molecule has 5 nitrogen and oxygen atoms in total. The highest BCUT2D eigenvalue weighted by molar-refractivity contribution is 5.82. The van der Waals surface area contributed by atoms with Gasteiger partial charge in [0.05, 0.1) is 19.1 Å². The molecule has 2 fully saturated rings. The zero-order valence-corrected chi connectivity index (χ0v) is 19.6. The van der Waals surface area contributed by atoms with E-state index >= 15 is 0 Å². The molecule has 0 aromatic heterocycles. The molecule has 2 aliphatic heterocycles. The molecule has 2 aromatic rings. The lowest BCUT2D eigenvalue weighted by atomic mass is 9.76. The molecular weight excluding hydrogens is 412 g/mol. The van der Waals surface area contributed by atoms with Crippen LogP contribution in [-0.2, 0) is 29.0 Å². The van der Waals surface area contributed by atoms with E-state index in [2.05, 4.69) is 29.2 Å². The van der Waals surface area contributed by atoms with E-state index < -0.39 is 0 Å². The van der Waals surface area contributed by atoms with Crippen molar-refractivity contribution in [3.8, 4) is 5.75 Å². The molecule has 2 amide bonds. The van der Waals surface area contributed by atoms with Gasteiger partial charge in [0.25, 0.3) is 0 Å². The van der Waals surface area contributed by atoms with Crippen LogP contribution in [0.3, 0.4) is 0 Å². The van der Waals surface area contributed by atoms with Gasteiger partial charge in [0.15, 0.2) is 0 Å². The third-order valence-corrected chi connectivity index (χ3v) is 7.93. The van der Waals surface area contributed by atoms with E-state index in [4.69, 9.17) is 4.74 Å². The number of nitrogens with zero attached hydrogens (tertiary/aromatic N) is 2. The summed E-state index contributed by atoms with van der Waals surface area (Å²) in [5.74, 6) is 1.40. The van der Waals surface area contributed by atoms with E-state index in [9.17, 15) is 9.59 Å². The predicted molar refractivity (Wildman–Crippen MR) is 128 cm³/mol. The van der Waals surface area contributed by atoms with Crippen molar-refractivity contribution in [1.29, 1.82) is 0 Å². The van der Waals surface area contributed by atoms with Crippen molar-refractivity contribution < 1.29 is 14.3 Å². The minimum Gasteiger partial charge on any atom is -0.497 e. The Bertz CT molecular complexity index is 1010. The summed E-state index contributed by atoms with van der Waals surface area (Å²) in [5.41, 5.74) is 3.30. The second-order valence-corrected chi connectivity index (χ2v) is 10.0. The molecule has 0 bridgehead atoms. The van der Waals surface area contributed by atoms with Crippen LogP contribution < -0.4 is 4.74 Å². The summed E-state index contributed by atoms with van der Waals surface area (Å²) < 4.78 is 5.24. The van der Waals surface area contributed by atoms with Crippen LogP contribution in [0.25, 0.3) is 0 Å². The Morgan fingerprint density at radius 3 is 2.45 bits per heavy atom. The summed E-state index contributed by atoms with van der Waals surface area (Å²) in [6, 6.07) is 16.3. The van der Waals surface area contributed by atoms with Crippen LogP contribution in [0.4, 0.5) is 0 Å². The first-order chi connectivity index (χ1) is 16.1. The predicted octanol–water partition coefficient (Wildman–Crippen LogP) is 4.37. The van der Waals surface area contributed by atoms with Crippen molar-refractivity contribution >= 4 is 11.8 Å². The second kappa shape index (κ2) is 9.20. The molecule has 0 N–H and O–H groups in total. The summed E-state index contributed by atoms with van der Waals surface area (Å²) in [5, 5.41) is 0. The fourth-order valence-electron chi connectivity index (χ4n) is 6.10. The topological polar surface area (TPSA) is 49.9 Å². The molecule has 174 valence electrons. The van der Waals surface area contributed by atoms with Gasteiger partial charge in [-0.05, 0) is 60.9 Å². The highest BCUT2D eigenvalue weighted by Crippen LogP contribution is 2.40. The van der Waals surface area contributed by atoms with Crippen molar-refractivity contribution in [3.05, 3.63) is 65.2 Å². The monoisotopic (exact) mass is 446 g/mol. The lowest BCUT2D eigenvalue weighted by molar-refractivity contribution is -0.151. The molecule has 5 rings (SSSR count). The molecule has 3 aliphatic rings. The fraction of sp³-hybridized carbons (Fsp3) is 0.500. The van der Waals surface area contributed by atoms with E-state index in [0.29, 0.717) is 25.4 Å². The van der Waals surface area contributed by atoms with Gasteiger partial charge in [0.2, 0.25) is 11.8 Å². The average molecular weight is 447 g/mol. The van der Waals surface area contributed by atoms with Gasteiger partial charge in [-0.3, -0.25) is 9.59 Å². The first-order valence-corrected chi connectivity index (χ1v) is 12.4. The van der Waals surface area contributed by atoms with Gasteiger partial charge in [0.1, 0.15) is 5.75 Å². The molecule has 33 heavy (non-hydrogen) atoms. The smallest absolute Gasteiger partial charge is 0.227 e. The maximum Gasteiger partial charge on any atom is 0.227 e. The highest BCUT2D eigenvalue weighted by atomic mass is 16.5. The van der Waals surface area contributed by atoms with Gasteiger partial charge in [-0.2, -0.15) is 0 Å². The highest BCUT2D eigenvalue weighted by Gasteiger charge is 2.48. The summed E-state index contributed by atoms with van der Waals surface area (Å²) in [7, 11) is 1.65. The van der Waals surface area contributed by atoms with Crippen LogP contribution in [0.15, 0.2) is 48.5 Å². The summed E-state index contributed by atoms with van der Waals surface area (Å²) >= 11 is 0. The van der Waals surface area contributed by atoms with E-state index in [1.54, 1.807) is 7.11 Å². The number of piperidine rings is 1. The lowest BCUT2D eigenvalue weighted by Gasteiger charge is -2.53. The molecule has 2 heterocycles. The van der Waals surface area contributed by atoms with Crippen molar-refractivity contribution in [2.45, 2.75) is 63.5 Å². The first kappa shape index (κ1) is 22.0. The largest absolute Gasteiger partial charge is 0.497 e. The molecule has 1 spiro atoms. The molecule has 0 radical (unpaired) electrons. The van der Waals surface area contributed by atoms with E-state index in [1.165, 1.54) is 11.1 Å². The molecule has 1 atom stereocenters. The average Bonchev–Trinajstić information content (AvgIpc) is 3.39. The number of amides is 2. The van der Waals surface area contributed by atoms with Gasteiger partial charge in [-0.25, -0.2) is 0 Å². The number of likely N-dealkylation sites (tertiary alicyclic amines) is 1. The Balaban J connectivity index is 1.39. The van der Waals surface area contributed by atoms with Gasteiger partial charge in [-0.1, -0.05) is 49.2 Å². The van der Waals surface area contributed by atoms with Crippen LogP contribution in [-0.4, -0.2) is 47.4 Å². The molecule has 1 unspecified atom stereocenters. The van der Waals surface area contributed by atoms with Crippen molar-refractivity contribution in [2.24, 2.45) is 5.92 Å². The Labute approximate surface area is 196 Å². The number of carbonyl (C=O) groups is 2. The molecule has 2 aromatic carbocycles. The zero-order valence-electron chi connectivity index (χ0n) is 19.6. The zero-order chi connectivity index (χ0) is 22.8. The van der Waals surface area contributed by atoms with Gasteiger partial charge in [0, 0.05) is 25.6 Å². The second-order valence-electron chi connectivity index (χ2n) is 10.0. The minimum atomic E-state index is -0.290. The Morgan fingerprint density at radius 1 is 1.00 bits per heavy atom. The Kier molecular flexibility index (Phi) is 6.13. The van der Waals surface area contributed by atoms with Gasteiger partial charge >= 0.3 is 0 Å². The molecule has 5 heteroatoms. The maximum absolute atomic E-state index is 13.7.